The second-order valence-electron chi connectivity index (χ2n) is 8.64. The van der Waals surface area contributed by atoms with Crippen LogP contribution in [0, 0.1) is 0 Å². The van der Waals surface area contributed by atoms with Gasteiger partial charge < -0.3 is 9.47 Å². The van der Waals surface area contributed by atoms with Gasteiger partial charge in [0.05, 0.1) is 5.75 Å². The Kier molecular flexibility index (Phi) is 5.01. The number of hydrogen-bond donors (Lipinski definition) is 0. The van der Waals surface area contributed by atoms with Gasteiger partial charge in [0, 0.05) is 24.0 Å². The highest BCUT2D eigenvalue weighted by molar-refractivity contribution is 7.99. The molecule has 2 aliphatic rings. The molecule has 0 radical (unpaired) electrons. The van der Waals surface area contributed by atoms with Crippen LogP contribution in [0.3, 0.4) is 0 Å². The highest BCUT2D eigenvalue weighted by Gasteiger charge is 2.36. The Morgan fingerprint density at radius 2 is 1.85 bits per heavy atom. The van der Waals surface area contributed by atoms with E-state index in [-0.39, 0.29) is 11.4 Å². The zero-order valence-electron chi connectivity index (χ0n) is 16.4. The minimum Gasteiger partial charge on any atom is -0.333 e. The van der Waals surface area contributed by atoms with E-state index in [1.54, 1.807) is 11.8 Å². The molecule has 2 fully saturated rings. The van der Waals surface area contributed by atoms with E-state index in [1.165, 1.54) is 25.7 Å². The maximum absolute atomic E-state index is 13.1. The number of hydrogen-bond acceptors (Lipinski definition) is 4. The van der Waals surface area contributed by atoms with Crippen molar-refractivity contribution in [2.45, 2.75) is 75.7 Å². The quantitative estimate of drug-likeness (QED) is 0.664. The van der Waals surface area contributed by atoms with Crippen molar-refractivity contribution < 1.29 is 4.79 Å². The first-order chi connectivity index (χ1) is 12.9. The van der Waals surface area contributed by atoms with Crippen LogP contribution in [0.1, 0.15) is 69.8 Å². The van der Waals surface area contributed by atoms with E-state index in [2.05, 4.69) is 47.7 Å². The van der Waals surface area contributed by atoms with E-state index in [4.69, 9.17) is 0 Å². The second-order valence-corrected chi connectivity index (χ2v) is 9.58. The van der Waals surface area contributed by atoms with E-state index < -0.39 is 0 Å². The molecule has 0 spiro atoms. The lowest BCUT2D eigenvalue weighted by atomic mass is 10.0. The Labute approximate surface area is 165 Å². The third-order valence-electron chi connectivity index (χ3n) is 5.16. The van der Waals surface area contributed by atoms with E-state index in [0.717, 1.165) is 16.5 Å². The van der Waals surface area contributed by atoms with E-state index in [0.29, 0.717) is 24.3 Å². The Bertz CT molecular complexity index is 803. The molecule has 4 rings (SSSR count). The predicted octanol–water partition coefficient (Wildman–Crippen LogP) is 4.41. The van der Waals surface area contributed by atoms with Gasteiger partial charge in [0.25, 0.3) is 0 Å². The minimum atomic E-state index is -0.225. The van der Waals surface area contributed by atoms with Crippen LogP contribution in [0.25, 0.3) is 0 Å². The van der Waals surface area contributed by atoms with Crippen LogP contribution in [-0.2, 0) is 11.3 Å². The Hall–Kier alpha value is -1.82. The molecule has 1 heterocycles. The average molecular weight is 385 g/mol. The van der Waals surface area contributed by atoms with E-state index in [9.17, 15) is 4.79 Å². The fourth-order valence-corrected chi connectivity index (χ4v) is 4.24. The van der Waals surface area contributed by atoms with Crippen LogP contribution in [-0.4, -0.2) is 36.9 Å². The van der Waals surface area contributed by atoms with Gasteiger partial charge in [0.15, 0.2) is 5.16 Å². The number of nitrogens with zero attached hydrogens (tertiary/aromatic N) is 4. The SMILES string of the molecule is CC(C)(C)N(Cc1ccccc1)C(=O)CSc1nnc(C2CC2)n1C1CC1. The second kappa shape index (κ2) is 7.30. The smallest absolute Gasteiger partial charge is 0.233 e. The van der Waals surface area contributed by atoms with Crippen LogP contribution in [0.4, 0.5) is 0 Å². The number of rotatable bonds is 7. The van der Waals surface area contributed by atoms with Crippen LogP contribution < -0.4 is 0 Å². The summed E-state index contributed by atoms with van der Waals surface area (Å²) < 4.78 is 2.31. The van der Waals surface area contributed by atoms with Gasteiger partial charge in [-0.3, -0.25) is 4.79 Å². The van der Waals surface area contributed by atoms with Crippen molar-refractivity contribution in [3.63, 3.8) is 0 Å². The monoisotopic (exact) mass is 384 g/mol. The molecule has 0 aliphatic heterocycles. The third-order valence-corrected chi connectivity index (χ3v) is 6.09. The molecule has 2 aliphatic carbocycles. The van der Waals surface area contributed by atoms with Crippen molar-refractivity contribution in [2.24, 2.45) is 0 Å². The molecular formula is C21H28N4OS. The first-order valence-corrected chi connectivity index (χ1v) is 10.8. The lowest BCUT2D eigenvalue weighted by Gasteiger charge is -2.36. The van der Waals surface area contributed by atoms with Gasteiger partial charge in [-0.2, -0.15) is 0 Å². The van der Waals surface area contributed by atoms with Gasteiger partial charge in [-0.15, -0.1) is 10.2 Å². The molecule has 1 aromatic carbocycles. The largest absolute Gasteiger partial charge is 0.333 e. The molecule has 27 heavy (non-hydrogen) atoms. The topological polar surface area (TPSA) is 51.0 Å². The van der Waals surface area contributed by atoms with Gasteiger partial charge in [0.2, 0.25) is 5.91 Å². The normalized spacial score (nSPS) is 17.1. The lowest BCUT2D eigenvalue weighted by molar-refractivity contribution is -0.133. The molecule has 6 heteroatoms. The standard InChI is InChI=1S/C21H28N4OS/c1-21(2,3)24(13-15-7-5-4-6-8-15)18(26)14-27-20-23-22-19(16-9-10-16)25(20)17-11-12-17/h4-8,16-17H,9-14H2,1-3H3. The average Bonchev–Trinajstić information content (AvgIpc) is 3.56. The van der Waals surface area contributed by atoms with Crippen molar-refractivity contribution >= 4 is 17.7 Å². The molecule has 2 aromatic rings. The van der Waals surface area contributed by atoms with Crippen LogP contribution in [0.15, 0.2) is 35.5 Å². The molecule has 0 N–H and O–H groups in total. The van der Waals surface area contributed by atoms with Crippen molar-refractivity contribution in [1.82, 2.24) is 19.7 Å². The molecule has 1 amide bonds. The molecular weight excluding hydrogens is 356 g/mol. The zero-order chi connectivity index (χ0) is 19.0. The molecule has 5 nitrogen and oxygen atoms in total. The van der Waals surface area contributed by atoms with E-state index >= 15 is 0 Å². The van der Waals surface area contributed by atoms with Crippen LogP contribution >= 0.6 is 11.8 Å². The summed E-state index contributed by atoms with van der Waals surface area (Å²) in [7, 11) is 0. The molecule has 144 valence electrons. The summed E-state index contributed by atoms with van der Waals surface area (Å²) in [5.41, 5.74) is 0.930. The summed E-state index contributed by atoms with van der Waals surface area (Å²) in [6.45, 7) is 6.91. The first-order valence-electron chi connectivity index (χ1n) is 9.85. The van der Waals surface area contributed by atoms with Gasteiger partial charge in [-0.1, -0.05) is 42.1 Å². The number of benzene rings is 1. The summed E-state index contributed by atoms with van der Waals surface area (Å²) >= 11 is 1.54. The Morgan fingerprint density at radius 1 is 1.15 bits per heavy atom. The van der Waals surface area contributed by atoms with Crippen molar-refractivity contribution in [3.05, 3.63) is 41.7 Å². The number of amides is 1. The molecule has 1 aromatic heterocycles. The fraction of sp³-hybridized carbons (Fsp3) is 0.571. The molecule has 0 atom stereocenters. The molecule has 0 unspecified atom stereocenters. The summed E-state index contributed by atoms with van der Waals surface area (Å²) in [6, 6.07) is 10.7. The molecule has 0 saturated heterocycles. The number of carbonyl (C=O) groups excluding carboxylic acids is 1. The lowest BCUT2D eigenvalue weighted by Crippen LogP contribution is -2.45. The maximum Gasteiger partial charge on any atom is 0.233 e. The number of thioether (sulfide) groups is 1. The Morgan fingerprint density at radius 3 is 2.44 bits per heavy atom. The third kappa shape index (κ3) is 4.37. The van der Waals surface area contributed by atoms with Gasteiger partial charge in [-0.25, -0.2) is 0 Å². The summed E-state index contributed by atoms with van der Waals surface area (Å²) in [5.74, 6) is 2.28. The highest BCUT2D eigenvalue weighted by Crippen LogP contribution is 2.46. The van der Waals surface area contributed by atoms with Crippen molar-refractivity contribution in [2.75, 3.05) is 5.75 Å². The van der Waals surface area contributed by atoms with Crippen LogP contribution in [0.5, 0.6) is 0 Å². The van der Waals surface area contributed by atoms with Crippen LogP contribution in [0.2, 0.25) is 0 Å². The number of aromatic nitrogens is 3. The zero-order valence-corrected chi connectivity index (χ0v) is 17.2. The molecule has 0 bridgehead atoms. The highest BCUT2D eigenvalue weighted by atomic mass is 32.2. The maximum atomic E-state index is 13.1. The number of carbonyl (C=O) groups is 1. The first kappa shape index (κ1) is 18.5. The fourth-order valence-electron chi connectivity index (χ4n) is 3.35. The van der Waals surface area contributed by atoms with Crippen molar-refractivity contribution in [1.29, 1.82) is 0 Å². The van der Waals surface area contributed by atoms with Gasteiger partial charge >= 0.3 is 0 Å². The van der Waals surface area contributed by atoms with Crippen molar-refractivity contribution in [3.8, 4) is 0 Å². The predicted molar refractivity (Wildman–Crippen MR) is 108 cm³/mol. The van der Waals surface area contributed by atoms with E-state index in [1.807, 2.05) is 23.1 Å². The summed E-state index contributed by atoms with van der Waals surface area (Å²) in [4.78, 5) is 15.0. The molecule has 2 saturated carbocycles. The Balaban J connectivity index is 1.45. The minimum absolute atomic E-state index is 0.148. The summed E-state index contributed by atoms with van der Waals surface area (Å²) in [5, 5.41) is 9.79. The summed E-state index contributed by atoms with van der Waals surface area (Å²) in [6.07, 6.45) is 4.87. The van der Waals surface area contributed by atoms with Gasteiger partial charge in [-0.05, 0) is 52.0 Å². The van der Waals surface area contributed by atoms with Gasteiger partial charge in [0.1, 0.15) is 5.82 Å².